The van der Waals surface area contributed by atoms with Gasteiger partial charge in [-0.2, -0.15) is 5.26 Å². The van der Waals surface area contributed by atoms with E-state index >= 15 is 0 Å². The smallest absolute Gasteiger partial charge is 0.345 e. The van der Waals surface area contributed by atoms with Gasteiger partial charge in [-0.1, -0.05) is 34.8 Å². The Morgan fingerprint density at radius 1 is 1.03 bits per heavy atom. The molecule has 33 heavy (non-hydrogen) atoms. The van der Waals surface area contributed by atoms with E-state index in [0.29, 0.717) is 21.4 Å². The number of rotatable bonds is 7. The molecule has 0 bridgehead atoms. The summed E-state index contributed by atoms with van der Waals surface area (Å²) in [4.78, 5) is 25.1. The maximum absolute atomic E-state index is 12.6. The fraction of sp³-hybridized carbons (Fsp3) is 0.0870. The number of furan rings is 1. The third-order valence-corrected chi connectivity index (χ3v) is 5.08. The van der Waals surface area contributed by atoms with E-state index in [-0.39, 0.29) is 34.4 Å². The lowest BCUT2D eigenvalue weighted by molar-refractivity contribution is -0.112. The average Bonchev–Trinajstić information content (AvgIpc) is 3.09. The number of benzene rings is 2. The molecule has 10 heteroatoms. The number of carbonyl (C=O) groups excluding carboxylic acids is 2. The molecule has 0 aliphatic rings. The van der Waals surface area contributed by atoms with Crippen LogP contribution in [-0.2, 0) is 9.53 Å². The van der Waals surface area contributed by atoms with Crippen molar-refractivity contribution in [1.29, 1.82) is 5.26 Å². The van der Waals surface area contributed by atoms with Crippen LogP contribution in [0.1, 0.15) is 23.0 Å². The number of nitrogens with zero attached hydrogens (tertiary/aromatic N) is 1. The Hall–Kier alpha value is -3.44. The van der Waals surface area contributed by atoms with Gasteiger partial charge < -0.3 is 19.8 Å². The van der Waals surface area contributed by atoms with Gasteiger partial charge in [0, 0.05) is 27.5 Å². The summed E-state index contributed by atoms with van der Waals surface area (Å²) in [5, 5.41) is 15.9. The van der Waals surface area contributed by atoms with E-state index < -0.39 is 11.9 Å². The predicted octanol–water partition coefficient (Wildman–Crippen LogP) is 6.71. The summed E-state index contributed by atoms with van der Waals surface area (Å²) in [5.41, 5.74) is 0.629. The van der Waals surface area contributed by atoms with E-state index in [1.165, 1.54) is 0 Å². The lowest BCUT2D eigenvalue weighted by Crippen LogP contribution is -2.13. The predicted molar refractivity (Wildman–Crippen MR) is 128 cm³/mol. The summed E-state index contributed by atoms with van der Waals surface area (Å²) < 4.78 is 10.8. The highest BCUT2D eigenvalue weighted by Gasteiger charge is 2.26. The van der Waals surface area contributed by atoms with E-state index in [1.54, 1.807) is 61.5 Å². The molecular weight excluding hydrogens is 489 g/mol. The van der Waals surface area contributed by atoms with Gasteiger partial charge in [0.25, 0.3) is 5.91 Å². The fourth-order valence-electron chi connectivity index (χ4n) is 2.67. The molecule has 3 rings (SSSR count). The molecule has 1 heterocycles. The summed E-state index contributed by atoms with van der Waals surface area (Å²) >= 11 is 18.1. The van der Waals surface area contributed by atoms with Crippen molar-refractivity contribution in [2.75, 3.05) is 17.2 Å². The molecule has 3 aromatic rings. The Morgan fingerprint density at radius 2 is 1.61 bits per heavy atom. The van der Waals surface area contributed by atoms with Crippen LogP contribution >= 0.6 is 34.8 Å². The van der Waals surface area contributed by atoms with Gasteiger partial charge in [0.15, 0.2) is 5.76 Å². The molecule has 7 nitrogen and oxygen atoms in total. The van der Waals surface area contributed by atoms with E-state index in [0.717, 1.165) is 6.08 Å². The molecule has 1 aromatic heterocycles. The second-order valence-corrected chi connectivity index (χ2v) is 7.72. The Kier molecular flexibility index (Phi) is 8.01. The van der Waals surface area contributed by atoms with Crippen LogP contribution in [0, 0.1) is 11.3 Å². The molecule has 1 amide bonds. The summed E-state index contributed by atoms with van der Waals surface area (Å²) in [7, 11) is 0. The van der Waals surface area contributed by atoms with Gasteiger partial charge in [0.05, 0.1) is 6.61 Å². The highest BCUT2D eigenvalue weighted by atomic mass is 35.5. The summed E-state index contributed by atoms with van der Waals surface area (Å²) in [6.07, 6.45) is 1.14. The quantitative estimate of drug-likeness (QED) is 0.211. The van der Waals surface area contributed by atoms with Crippen LogP contribution in [0.3, 0.4) is 0 Å². The maximum Gasteiger partial charge on any atom is 0.345 e. The SMILES string of the molecule is CCOC(=O)c1c(Nc2ccc(Cl)cc2)oc(/C=C(\C#N)C(=O)Nc2ccc(Cl)cc2)c1Cl. The molecule has 2 aromatic carbocycles. The molecule has 0 saturated heterocycles. The number of nitrogens with one attached hydrogen (secondary N) is 2. The van der Waals surface area contributed by atoms with Crippen LogP contribution in [0.15, 0.2) is 58.5 Å². The third kappa shape index (κ3) is 6.08. The number of nitriles is 1. The average molecular weight is 505 g/mol. The van der Waals surface area contributed by atoms with E-state index in [9.17, 15) is 14.9 Å². The number of ether oxygens (including phenoxy) is 1. The first kappa shape index (κ1) is 24.2. The van der Waals surface area contributed by atoms with Crippen molar-refractivity contribution in [2.24, 2.45) is 0 Å². The molecular formula is C23H16Cl3N3O4. The zero-order chi connectivity index (χ0) is 24.0. The van der Waals surface area contributed by atoms with Crippen molar-refractivity contribution in [3.63, 3.8) is 0 Å². The number of hydrogen-bond donors (Lipinski definition) is 2. The molecule has 0 unspecified atom stereocenters. The molecule has 0 spiro atoms. The summed E-state index contributed by atoms with van der Waals surface area (Å²) in [6, 6.07) is 14.8. The maximum atomic E-state index is 12.6. The molecule has 0 aliphatic carbocycles. The number of carbonyl (C=O) groups is 2. The summed E-state index contributed by atoms with van der Waals surface area (Å²) in [5.74, 6) is -1.51. The van der Waals surface area contributed by atoms with Crippen LogP contribution in [0.5, 0.6) is 0 Å². The van der Waals surface area contributed by atoms with Gasteiger partial charge in [-0.25, -0.2) is 4.79 Å². The van der Waals surface area contributed by atoms with Gasteiger partial charge in [-0.15, -0.1) is 0 Å². The van der Waals surface area contributed by atoms with Gasteiger partial charge in [-0.3, -0.25) is 4.79 Å². The van der Waals surface area contributed by atoms with Crippen molar-refractivity contribution in [1.82, 2.24) is 0 Å². The zero-order valence-corrected chi connectivity index (χ0v) is 19.4. The fourth-order valence-corrected chi connectivity index (χ4v) is 3.18. The number of halogens is 3. The Balaban J connectivity index is 1.96. The molecule has 0 saturated carbocycles. The molecule has 2 N–H and O–H groups in total. The minimum atomic E-state index is -0.730. The van der Waals surface area contributed by atoms with Crippen molar-refractivity contribution >= 4 is 70.0 Å². The number of amides is 1. The van der Waals surface area contributed by atoms with E-state index in [2.05, 4.69) is 10.6 Å². The number of anilines is 3. The largest absolute Gasteiger partial charge is 0.462 e. The van der Waals surface area contributed by atoms with Crippen LogP contribution in [0.2, 0.25) is 15.1 Å². The highest BCUT2D eigenvalue weighted by molar-refractivity contribution is 6.36. The Morgan fingerprint density at radius 3 is 2.15 bits per heavy atom. The monoisotopic (exact) mass is 503 g/mol. The van der Waals surface area contributed by atoms with Crippen molar-refractivity contribution in [2.45, 2.75) is 6.92 Å². The van der Waals surface area contributed by atoms with E-state index in [4.69, 9.17) is 44.0 Å². The third-order valence-electron chi connectivity index (χ3n) is 4.20. The molecule has 0 fully saturated rings. The summed E-state index contributed by atoms with van der Waals surface area (Å²) in [6.45, 7) is 1.76. The Labute approximate surface area is 204 Å². The van der Waals surface area contributed by atoms with Gasteiger partial charge in [-0.05, 0) is 55.5 Å². The van der Waals surface area contributed by atoms with Crippen molar-refractivity contribution in [3.8, 4) is 6.07 Å². The lowest BCUT2D eigenvalue weighted by Gasteiger charge is -2.06. The number of hydrogen-bond acceptors (Lipinski definition) is 6. The van der Waals surface area contributed by atoms with Crippen LogP contribution in [-0.4, -0.2) is 18.5 Å². The molecule has 0 aliphatic heterocycles. The highest BCUT2D eigenvalue weighted by Crippen LogP contribution is 2.36. The molecule has 0 atom stereocenters. The van der Waals surface area contributed by atoms with Crippen LogP contribution in [0.25, 0.3) is 6.08 Å². The minimum absolute atomic E-state index is 0.0116. The van der Waals surface area contributed by atoms with Crippen LogP contribution in [0.4, 0.5) is 17.3 Å². The molecule has 168 valence electrons. The standard InChI is InChI=1S/C23H16Cl3N3O4/c1-2-32-23(31)19-20(26)18(33-22(19)29-17-9-5-15(25)6-10-17)11-13(12-27)21(30)28-16-7-3-14(24)4-8-16/h3-11,29H,2H2,1H3,(H,28,30)/b13-11+. The zero-order valence-electron chi connectivity index (χ0n) is 17.1. The van der Waals surface area contributed by atoms with E-state index in [1.807, 2.05) is 0 Å². The van der Waals surface area contributed by atoms with Crippen molar-refractivity contribution < 1.29 is 18.7 Å². The Bertz CT molecular complexity index is 1240. The lowest BCUT2D eigenvalue weighted by atomic mass is 10.2. The van der Waals surface area contributed by atoms with Gasteiger partial charge in [0.1, 0.15) is 22.2 Å². The second kappa shape index (κ2) is 10.9. The normalized spacial score (nSPS) is 10.9. The topological polar surface area (TPSA) is 104 Å². The second-order valence-electron chi connectivity index (χ2n) is 6.47. The molecule has 0 radical (unpaired) electrons. The van der Waals surface area contributed by atoms with Crippen molar-refractivity contribution in [3.05, 3.63) is 80.5 Å². The first-order valence-electron chi connectivity index (χ1n) is 9.53. The first-order chi connectivity index (χ1) is 15.8. The van der Waals surface area contributed by atoms with Gasteiger partial charge >= 0.3 is 5.97 Å². The first-order valence-corrected chi connectivity index (χ1v) is 10.7. The van der Waals surface area contributed by atoms with Crippen LogP contribution < -0.4 is 10.6 Å². The van der Waals surface area contributed by atoms with Gasteiger partial charge in [0.2, 0.25) is 5.88 Å². The minimum Gasteiger partial charge on any atom is -0.462 e. The number of esters is 1.